The Bertz CT molecular complexity index is 805. The molecule has 0 amide bonds. The fourth-order valence-corrected chi connectivity index (χ4v) is 3.77. The lowest BCUT2D eigenvalue weighted by atomic mass is 10.1. The third-order valence-electron chi connectivity index (χ3n) is 5.06. The molecule has 1 saturated heterocycles. The molecule has 26 heavy (non-hydrogen) atoms. The molecule has 6 nitrogen and oxygen atoms in total. The van der Waals surface area contributed by atoms with E-state index in [0.29, 0.717) is 18.6 Å². The van der Waals surface area contributed by atoms with Gasteiger partial charge in [0.25, 0.3) is 0 Å². The molecule has 0 bridgehead atoms. The molecule has 1 aliphatic carbocycles. The van der Waals surface area contributed by atoms with E-state index in [2.05, 4.69) is 32.4 Å². The van der Waals surface area contributed by atoms with Crippen LogP contribution in [0.2, 0.25) is 5.02 Å². The molecule has 1 aliphatic heterocycles. The molecular weight excluding hydrogens is 350 g/mol. The summed E-state index contributed by atoms with van der Waals surface area (Å²) in [6.45, 7) is 2.30. The molecule has 3 atom stereocenters. The summed E-state index contributed by atoms with van der Waals surface area (Å²) >= 11 is 6.12. The Hall–Kier alpha value is -2.05. The molecule has 2 aromatic rings. The van der Waals surface area contributed by atoms with E-state index in [4.69, 9.17) is 16.3 Å². The van der Waals surface area contributed by atoms with Gasteiger partial charge in [-0.3, -0.25) is 9.67 Å². The van der Waals surface area contributed by atoms with Crippen molar-refractivity contribution in [3.63, 3.8) is 0 Å². The number of rotatable bonds is 3. The van der Waals surface area contributed by atoms with Crippen molar-refractivity contribution < 1.29 is 4.74 Å². The van der Waals surface area contributed by atoms with Crippen LogP contribution in [0.25, 0.3) is 0 Å². The number of nitrogens with one attached hydrogen (secondary N) is 1. The SMILES string of the molecule is CN=C(NC1CC1c1cccc(Cl)c1)N1CCOC(c2cnn(C)c2)C1. The van der Waals surface area contributed by atoms with Crippen LogP contribution in [0.5, 0.6) is 0 Å². The fraction of sp³-hybridized carbons (Fsp3) is 0.474. The van der Waals surface area contributed by atoms with Crippen molar-refractivity contribution >= 4 is 17.6 Å². The van der Waals surface area contributed by atoms with Crippen LogP contribution in [0.1, 0.15) is 29.6 Å². The first-order chi connectivity index (χ1) is 12.6. The van der Waals surface area contributed by atoms with E-state index in [1.165, 1.54) is 5.56 Å². The van der Waals surface area contributed by atoms with Crippen LogP contribution in [0.3, 0.4) is 0 Å². The third-order valence-corrected chi connectivity index (χ3v) is 5.29. The molecule has 2 heterocycles. The van der Waals surface area contributed by atoms with Gasteiger partial charge in [-0.25, -0.2) is 0 Å². The highest BCUT2D eigenvalue weighted by Gasteiger charge is 2.40. The number of nitrogens with zero attached hydrogens (tertiary/aromatic N) is 4. The molecule has 4 rings (SSSR count). The minimum absolute atomic E-state index is 0.0268. The maximum atomic E-state index is 6.12. The van der Waals surface area contributed by atoms with Gasteiger partial charge >= 0.3 is 0 Å². The third kappa shape index (κ3) is 3.71. The summed E-state index contributed by atoms with van der Waals surface area (Å²) in [5, 5.41) is 8.66. The topological polar surface area (TPSA) is 54.7 Å². The number of benzene rings is 1. The molecule has 1 N–H and O–H groups in total. The van der Waals surface area contributed by atoms with E-state index in [1.54, 1.807) is 0 Å². The summed E-state index contributed by atoms with van der Waals surface area (Å²) in [5.41, 5.74) is 2.40. The highest BCUT2D eigenvalue weighted by molar-refractivity contribution is 6.30. The second-order valence-electron chi connectivity index (χ2n) is 6.95. The molecule has 2 aliphatic rings. The highest BCUT2D eigenvalue weighted by Crippen LogP contribution is 2.41. The molecule has 0 spiro atoms. The average Bonchev–Trinajstić information content (AvgIpc) is 3.30. The van der Waals surface area contributed by atoms with E-state index >= 15 is 0 Å². The van der Waals surface area contributed by atoms with Gasteiger partial charge in [0, 0.05) is 49.4 Å². The zero-order chi connectivity index (χ0) is 18.1. The van der Waals surface area contributed by atoms with Crippen LogP contribution in [-0.4, -0.2) is 53.4 Å². The van der Waals surface area contributed by atoms with Crippen molar-refractivity contribution in [3.05, 3.63) is 52.8 Å². The molecule has 2 fully saturated rings. The zero-order valence-corrected chi connectivity index (χ0v) is 15.9. The summed E-state index contributed by atoms with van der Waals surface area (Å²) in [7, 11) is 3.77. The Balaban J connectivity index is 1.38. The van der Waals surface area contributed by atoms with Gasteiger partial charge in [-0.05, 0) is 24.1 Å². The largest absolute Gasteiger partial charge is 0.370 e. The Kier molecular flexibility index (Phi) is 4.87. The first kappa shape index (κ1) is 17.4. The number of morpholine rings is 1. The maximum absolute atomic E-state index is 6.12. The molecule has 1 aromatic carbocycles. The van der Waals surface area contributed by atoms with Crippen molar-refractivity contribution in [2.45, 2.75) is 24.5 Å². The van der Waals surface area contributed by atoms with Gasteiger partial charge in [0.05, 0.1) is 19.3 Å². The van der Waals surface area contributed by atoms with E-state index in [-0.39, 0.29) is 6.10 Å². The first-order valence-electron chi connectivity index (χ1n) is 8.98. The van der Waals surface area contributed by atoms with Crippen LogP contribution >= 0.6 is 11.6 Å². The number of hydrogen-bond acceptors (Lipinski definition) is 3. The Morgan fingerprint density at radius 2 is 2.27 bits per heavy atom. The second-order valence-corrected chi connectivity index (χ2v) is 7.38. The summed E-state index contributed by atoms with van der Waals surface area (Å²) in [5.74, 6) is 1.44. The van der Waals surface area contributed by atoms with Crippen molar-refractivity contribution in [1.82, 2.24) is 20.0 Å². The van der Waals surface area contributed by atoms with Gasteiger partial charge in [0.1, 0.15) is 6.10 Å². The highest BCUT2D eigenvalue weighted by atomic mass is 35.5. The van der Waals surface area contributed by atoms with Crippen molar-refractivity contribution in [2.75, 3.05) is 26.7 Å². The molecule has 1 aromatic heterocycles. The minimum atomic E-state index is 0.0268. The number of halogens is 1. The van der Waals surface area contributed by atoms with Crippen molar-refractivity contribution in [2.24, 2.45) is 12.0 Å². The predicted molar refractivity (Wildman–Crippen MR) is 103 cm³/mol. The summed E-state index contributed by atoms with van der Waals surface area (Å²) < 4.78 is 7.74. The van der Waals surface area contributed by atoms with Gasteiger partial charge in [-0.15, -0.1) is 0 Å². The Morgan fingerprint density at radius 3 is 3.00 bits per heavy atom. The summed E-state index contributed by atoms with van der Waals surface area (Å²) in [6.07, 6.45) is 5.02. The number of hydrogen-bond donors (Lipinski definition) is 1. The summed E-state index contributed by atoms with van der Waals surface area (Å²) in [4.78, 5) is 6.77. The zero-order valence-electron chi connectivity index (χ0n) is 15.1. The van der Waals surface area contributed by atoms with Crippen LogP contribution in [-0.2, 0) is 11.8 Å². The van der Waals surface area contributed by atoms with E-state index in [9.17, 15) is 0 Å². The Labute approximate surface area is 158 Å². The molecule has 138 valence electrons. The first-order valence-corrected chi connectivity index (χ1v) is 9.35. The second kappa shape index (κ2) is 7.29. The van der Waals surface area contributed by atoms with Gasteiger partial charge in [-0.2, -0.15) is 5.10 Å². The monoisotopic (exact) mass is 373 g/mol. The van der Waals surface area contributed by atoms with E-state index < -0.39 is 0 Å². The molecule has 3 unspecified atom stereocenters. The van der Waals surface area contributed by atoms with Gasteiger partial charge in [0.15, 0.2) is 5.96 Å². The Morgan fingerprint density at radius 1 is 1.38 bits per heavy atom. The lowest BCUT2D eigenvalue weighted by molar-refractivity contribution is -0.00806. The molecule has 0 radical (unpaired) electrons. The lowest BCUT2D eigenvalue weighted by Crippen LogP contribution is -2.48. The lowest BCUT2D eigenvalue weighted by Gasteiger charge is -2.34. The van der Waals surface area contributed by atoms with Crippen LogP contribution in [0.4, 0.5) is 0 Å². The minimum Gasteiger partial charge on any atom is -0.370 e. The quantitative estimate of drug-likeness (QED) is 0.663. The van der Waals surface area contributed by atoms with E-state index in [1.807, 2.05) is 43.3 Å². The average molecular weight is 374 g/mol. The molecule has 7 heteroatoms. The van der Waals surface area contributed by atoms with Crippen LogP contribution in [0.15, 0.2) is 41.7 Å². The molecular formula is C19H24ClN5O. The fourth-order valence-electron chi connectivity index (χ4n) is 3.57. The van der Waals surface area contributed by atoms with E-state index in [0.717, 1.165) is 36.1 Å². The standard InChI is InChI=1S/C19H24ClN5O/c1-21-19(23-17-9-16(17)13-4-3-5-15(20)8-13)25-6-7-26-18(12-25)14-10-22-24(2)11-14/h3-5,8,10-11,16-18H,6-7,9,12H2,1-2H3,(H,21,23). The molecule has 1 saturated carbocycles. The smallest absolute Gasteiger partial charge is 0.194 e. The number of ether oxygens (including phenoxy) is 1. The van der Waals surface area contributed by atoms with Crippen molar-refractivity contribution in [1.29, 1.82) is 0 Å². The van der Waals surface area contributed by atoms with Gasteiger partial charge in [-0.1, -0.05) is 23.7 Å². The number of guanidine groups is 1. The summed E-state index contributed by atoms with van der Waals surface area (Å²) in [6, 6.07) is 8.55. The normalized spacial score (nSPS) is 26.0. The predicted octanol–water partition coefficient (Wildman–Crippen LogP) is 2.58. The number of aromatic nitrogens is 2. The van der Waals surface area contributed by atoms with Crippen LogP contribution in [0, 0.1) is 0 Å². The van der Waals surface area contributed by atoms with Gasteiger partial charge < -0.3 is 15.0 Å². The number of aliphatic imine (C=N–C) groups is 1. The van der Waals surface area contributed by atoms with Crippen molar-refractivity contribution in [3.8, 4) is 0 Å². The van der Waals surface area contributed by atoms with Gasteiger partial charge in [0.2, 0.25) is 0 Å². The maximum Gasteiger partial charge on any atom is 0.194 e. The van der Waals surface area contributed by atoms with Crippen LogP contribution < -0.4 is 5.32 Å². The number of aryl methyl sites for hydroxylation is 1.